The normalized spacial score (nSPS) is 10.8. The standard InChI is InChI=1S/C17H13BrClNS/c1-11-17(13-5-3-6-14(18)10-13)20-16(21-11)9-12-4-2-7-15(19)8-12/h2-8,10H,9H2,1H3. The average Bonchev–Trinajstić information content (AvgIpc) is 2.79. The van der Waals surface area contributed by atoms with E-state index in [1.807, 2.05) is 30.3 Å². The van der Waals surface area contributed by atoms with E-state index in [1.165, 1.54) is 10.4 Å². The predicted octanol–water partition coefficient (Wildman–Crippen LogP) is 6.13. The van der Waals surface area contributed by atoms with Crippen molar-refractivity contribution in [1.29, 1.82) is 0 Å². The molecule has 0 bridgehead atoms. The summed E-state index contributed by atoms with van der Waals surface area (Å²) in [5, 5.41) is 1.89. The fraction of sp³-hybridized carbons (Fsp3) is 0.118. The molecule has 0 unspecified atom stereocenters. The summed E-state index contributed by atoms with van der Waals surface area (Å²) in [7, 11) is 0. The summed E-state index contributed by atoms with van der Waals surface area (Å²) in [5.41, 5.74) is 3.41. The number of aromatic nitrogens is 1. The van der Waals surface area contributed by atoms with Gasteiger partial charge in [0.25, 0.3) is 0 Å². The number of halogens is 2. The van der Waals surface area contributed by atoms with Crippen molar-refractivity contribution in [2.24, 2.45) is 0 Å². The third-order valence-electron chi connectivity index (χ3n) is 3.18. The molecule has 0 fully saturated rings. The molecule has 0 spiro atoms. The Bertz CT molecular complexity index is 782. The summed E-state index contributed by atoms with van der Waals surface area (Å²) in [6.45, 7) is 2.12. The second kappa shape index (κ2) is 6.30. The smallest absolute Gasteiger partial charge is 0.0979 e. The van der Waals surface area contributed by atoms with Gasteiger partial charge in [-0.2, -0.15) is 0 Å². The molecule has 0 atom stereocenters. The molecule has 2 aromatic carbocycles. The molecule has 0 aliphatic heterocycles. The van der Waals surface area contributed by atoms with Crippen LogP contribution in [-0.2, 0) is 6.42 Å². The first kappa shape index (κ1) is 14.8. The van der Waals surface area contributed by atoms with Gasteiger partial charge in [-0.05, 0) is 36.8 Å². The van der Waals surface area contributed by atoms with Crippen LogP contribution in [0.15, 0.2) is 53.0 Å². The van der Waals surface area contributed by atoms with Gasteiger partial charge in [0.1, 0.15) is 0 Å². The highest BCUT2D eigenvalue weighted by atomic mass is 79.9. The third kappa shape index (κ3) is 3.54. The molecule has 106 valence electrons. The summed E-state index contributed by atoms with van der Waals surface area (Å²) < 4.78 is 1.07. The van der Waals surface area contributed by atoms with E-state index >= 15 is 0 Å². The molecular formula is C17H13BrClNS. The quantitative estimate of drug-likeness (QED) is 0.534. The van der Waals surface area contributed by atoms with E-state index in [-0.39, 0.29) is 0 Å². The summed E-state index contributed by atoms with van der Waals surface area (Å²) in [6, 6.07) is 16.2. The van der Waals surface area contributed by atoms with E-state index in [4.69, 9.17) is 16.6 Å². The van der Waals surface area contributed by atoms with Gasteiger partial charge in [0.15, 0.2) is 0 Å². The molecule has 0 saturated heterocycles. The van der Waals surface area contributed by atoms with E-state index in [1.54, 1.807) is 11.3 Å². The third-order valence-corrected chi connectivity index (χ3v) is 4.88. The van der Waals surface area contributed by atoms with Crippen LogP contribution in [-0.4, -0.2) is 4.98 Å². The lowest BCUT2D eigenvalue weighted by atomic mass is 10.1. The van der Waals surface area contributed by atoms with Gasteiger partial charge in [-0.25, -0.2) is 4.98 Å². The van der Waals surface area contributed by atoms with Crippen LogP contribution >= 0.6 is 38.9 Å². The maximum Gasteiger partial charge on any atom is 0.0979 e. The van der Waals surface area contributed by atoms with Crippen molar-refractivity contribution in [1.82, 2.24) is 4.98 Å². The first-order chi connectivity index (χ1) is 10.1. The summed E-state index contributed by atoms with van der Waals surface area (Å²) in [5.74, 6) is 0. The minimum absolute atomic E-state index is 0.771. The lowest BCUT2D eigenvalue weighted by molar-refractivity contribution is 1.14. The fourth-order valence-electron chi connectivity index (χ4n) is 2.25. The van der Waals surface area contributed by atoms with Gasteiger partial charge in [0, 0.05) is 26.4 Å². The number of hydrogen-bond donors (Lipinski definition) is 0. The van der Waals surface area contributed by atoms with Crippen LogP contribution in [0, 0.1) is 6.92 Å². The van der Waals surface area contributed by atoms with Crippen LogP contribution < -0.4 is 0 Å². The minimum Gasteiger partial charge on any atom is -0.241 e. The topological polar surface area (TPSA) is 12.9 Å². The van der Waals surface area contributed by atoms with Gasteiger partial charge < -0.3 is 0 Å². The van der Waals surface area contributed by atoms with Gasteiger partial charge in [-0.3, -0.25) is 0 Å². The molecule has 0 saturated carbocycles. The Morgan fingerprint density at radius 3 is 2.71 bits per heavy atom. The molecular weight excluding hydrogens is 366 g/mol. The van der Waals surface area contributed by atoms with Gasteiger partial charge in [0.2, 0.25) is 0 Å². The maximum atomic E-state index is 6.04. The zero-order valence-electron chi connectivity index (χ0n) is 11.4. The van der Waals surface area contributed by atoms with Crippen molar-refractivity contribution in [2.45, 2.75) is 13.3 Å². The van der Waals surface area contributed by atoms with Crippen molar-refractivity contribution >= 4 is 38.9 Å². The van der Waals surface area contributed by atoms with E-state index < -0.39 is 0 Å². The van der Waals surface area contributed by atoms with E-state index in [0.717, 1.165) is 32.2 Å². The Kier molecular flexibility index (Phi) is 4.43. The van der Waals surface area contributed by atoms with Crippen LogP contribution in [0.25, 0.3) is 11.3 Å². The Hall–Kier alpha value is -1.16. The second-order valence-corrected chi connectivity index (χ2v) is 7.47. The Morgan fingerprint density at radius 1 is 1.14 bits per heavy atom. The molecule has 0 amide bonds. The molecule has 1 aromatic heterocycles. The Labute approximate surface area is 141 Å². The van der Waals surface area contributed by atoms with Crippen molar-refractivity contribution < 1.29 is 0 Å². The zero-order valence-corrected chi connectivity index (χ0v) is 14.6. The molecule has 0 N–H and O–H groups in total. The molecule has 0 aliphatic carbocycles. The van der Waals surface area contributed by atoms with Gasteiger partial charge in [-0.15, -0.1) is 11.3 Å². The number of aryl methyl sites for hydroxylation is 1. The highest BCUT2D eigenvalue weighted by Crippen LogP contribution is 2.30. The molecule has 1 heterocycles. The van der Waals surface area contributed by atoms with Crippen molar-refractivity contribution in [3.8, 4) is 11.3 Å². The fourth-order valence-corrected chi connectivity index (χ4v) is 3.85. The molecule has 4 heteroatoms. The number of benzene rings is 2. The van der Waals surface area contributed by atoms with Crippen LogP contribution in [0.3, 0.4) is 0 Å². The molecule has 3 rings (SSSR count). The van der Waals surface area contributed by atoms with E-state index in [9.17, 15) is 0 Å². The highest BCUT2D eigenvalue weighted by molar-refractivity contribution is 9.10. The van der Waals surface area contributed by atoms with Crippen molar-refractivity contribution in [3.05, 3.63) is 73.5 Å². The molecule has 0 radical (unpaired) electrons. The first-order valence-corrected chi connectivity index (χ1v) is 8.57. The Morgan fingerprint density at radius 2 is 1.95 bits per heavy atom. The average molecular weight is 379 g/mol. The van der Waals surface area contributed by atoms with E-state index in [2.05, 4.69) is 41.1 Å². The largest absolute Gasteiger partial charge is 0.241 e. The molecule has 0 aliphatic rings. The van der Waals surface area contributed by atoms with Crippen molar-refractivity contribution in [2.75, 3.05) is 0 Å². The monoisotopic (exact) mass is 377 g/mol. The van der Waals surface area contributed by atoms with Crippen molar-refractivity contribution in [3.63, 3.8) is 0 Å². The number of thiazole rings is 1. The van der Waals surface area contributed by atoms with Crippen LogP contribution in [0.5, 0.6) is 0 Å². The second-order valence-electron chi connectivity index (χ2n) is 4.83. The van der Waals surface area contributed by atoms with Gasteiger partial charge in [0.05, 0.1) is 10.7 Å². The SMILES string of the molecule is Cc1sc(Cc2cccc(Cl)c2)nc1-c1cccc(Br)c1. The number of hydrogen-bond acceptors (Lipinski definition) is 2. The van der Waals surface area contributed by atoms with Gasteiger partial charge >= 0.3 is 0 Å². The summed E-state index contributed by atoms with van der Waals surface area (Å²) in [6.07, 6.45) is 0.820. The lowest BCUT2D eigenvalue weighted by Crippen LogP contribution is -1.87. The lowest BCUT2D eigenvalue weighted by Gasteiger charge is -2.00. The molecule has 1 nitrogen and oxygen atoms in total. The minimum atomic E-state index is 0.771. The maximum absolute atomic E-state index is 6.04. The summed E-state index contributed by atoms with van der Waals surface area (Å²) >= 11 is 11.3. The first-order valence-electron chi connectivity index (χ1n) is 6.58. The van der Waals surface area contributed by atoms with Crippen LogP contribution in [0.1, 0.15) is 15.4 Å². The van der Waals surface area contributed by atoms with Crippen LogP contribution in [0.4, 0.5) is 0 Å². The highest BCUT2D eigenvalue weighted by Gasteiger charge is 2.10. The zero-order chi connectivity index (χ0) is 14.8. The summed E-state index contributed by atoms with van der Waals surface area (Å²) in [4.78, 5) is 6.04. The predicted molar refractivity (Wildman–Crippen MR) is 94.2 cm³/mol. The molecule has 21 heavy (non-hydrogen) atoms. The number of rotatable bonds is 3. The number of nitrogens with zero attached hydrogens (tertiary/aromatic N) is 1. The van der Waals surface area contributed by atoms with E-state index in [0.29, 0.717) is 0 Å². The van der Waals surface area contributed by atoms with Crippen LogP contribution in [0.2, 0.25) is 5.02 Å². The molecule has 3 aromatic rings. The Balaban J connectivity index is 1.91. The van der Waals surface area contributed by atoms with Gasteiger partial charge in [-0.1, -0.05) is 51.8 Å².